The number of likely N-dealkylation sites (tertiary alicyclic amines) is 1. The normalized spacial score (nSPS) is 29.3. The lowest BCUT2D eigenvalue weighted by atomic mass is 9.72. The maximum absolute atomic E-state index is 12.6. The topological polar surface area (TPSA) is 35.6 Å². The van der Waals surface area contributed by atoms with Gasteiger partial charge in [0.15, 0.2) is 0 Å². The summed E-state index contributed by atoms with van der Waals surface area (Å²) in [6.07, 6.45) is 7.03. The Morgan fingerprint density at radius 2 is 1.74 bits per heavy atom. The monoisotopic (exact) mass is 343 g/mol. The number of halogens is 1. The molecular formula is C18H34ClN3O. The molecule has 1 amide bonds. The maximum Gasteiger partial charge on any atom is 0.222 e. The fourth-order valence-electron chi connectivity index (χ4n) is 4.35. The van der Waals surface area contributed by atoms with Crippen molar-refractivity contribution in [2.24, 2.45) is 11.3 Å². The molecule has 2 saturated heterocycles. The average Bonchev–Trinajstić information content (AvgIpc) is 3.00. The quantitative estimate of drug-likeness (QED) is 0.855. The van der Waals surface area contributed by atoms with Crippen LogP contribution < -0.4 is 5.32 Å². The molecule has 5 heteroatoms. The number of nitrogens with zero attached hydrogens (tertiary/aromatic N) is 2. The number of hydrogen-bond acceptors (Lipinski definition) is 3. The molecular weight excluding hydrogens is 310 g/mol. The number of rotatable bonds is 3. The van der Waals surface area contributed by atoms with Gasteiger partial charge in [-0.15, -0.1) is 12.4 Å². The standard InChI is InChI=1S/C18H33N3O.ClH/c1-18(2)6-3-15(4-7-18)13-17(22)21-10-5-16(14-21)20-11-8-19-9-12-20;/h15-16,19H,3-14H2,1-2H3;1H. The van der Waals surface area contributed by atoms with Gasteiger partial charge >= 0.3 is 0 Å². The van der Waals surface area contributed by atoms with Crippen LogP contribution in [0.5, 0.6) is 0 Å². The van der Waals surface area contributed by atoms with Crippen LogP contribution in [0.2, 0.25) is 0 Å². The molecule has 0 radical (unpaired) electrons. The first-order valence-corrected chi connectivity index (χ1v) is 9.26. The minimum atomic E-state index is 0. The third kappa shape index (κ3) is 5.07. The van der Waals surface area contributed by atoms with E-state index >= 15 is 0 Å². The molecule has 0 spiro atoms. The highest BCUT2D eigenvalue weighted by atomic mass is 35.5. The summed E-state index contributed by atoms with van der Waals surface area (Å²) in [5.74, 6) is 1.06. The average molecular weight is 344 g/mol. The van der Waals surface area contributed by atoms with Crippen LogP contribution in [0.3, 0.4) is 0 Å². The zero-order chi connectivity index (χ0) is 15.6. The largest absolute Gasteiger partial charge is 0.341 e. The second-order valence-electron chi connectivity index (χ2n) is 8.38. The molecule has 0 aromatic carbocycles. The third-order valence-corrected chi connectivity index (χ3v) is 6.11. The van der Waals surface area contributed by atoms with Crippen LogP contribution in [0.1, 0.15) is 52.4 Å². The Morgan fingerprint density at radius 3 is 2.39 bits per heavy atom. The first-order valence-electron chi connectivity index (χ1n) is 9.26. The van der Waals surface area contributed by atoms with Gasteiger partial charge in [-0.1, -0.05) is 13.8 Å². The first kappa shape index (κ1) is 19.0. The number of nitrogens with one attached hydrogen (secondary N) is 1. The lowest BCUT2D eigenvalue weighted by Gasteiger charge is -2.35. The van der Waals surface area contributed by atoms with Gasteiger partial charge in [-0.05, 0) is 43.4 Å². The molecule has 1 saturated carbocycles. The minimum absolute atomic E-state index is 0. The molecule has 3 aliphatic rings. The smallest absolute Gasteiger partial charge is 0.222 e. The van der Waals surface area contributed by atoms with Gasteiger partial charge in [0.05, 0.1) is 0 Å². The van der Waals surface area contributed by atoms with E-state index in [0.29, 0.717) is 23.3 Å². The van der Waals surface area contributed by atoms with E-state index in [1.165, 1.54) is 32.1 Å². The molecule has 23 heavy (non-hydrogen) atoms. The van der Waals surface area contributed by atoms with E-state index in [1.807, 2.05) is 0 Å². The van der Waals surface area contributed by atoms with Crippen LogP contribution in [-0.2, 0) is 4.79 Å². The highest BCUT2D eigenvalue weighted by Gasteiger charge is 2.33. The molecule has 1 atom stereocenters. The maximum atomic E-state index is 12.6. The van der Waals surface area contributed by atoms with E-state index in [4.69, 9.17) is 0 Å². The summed E-state index contributed by atoms with van der Waals surface area (Å²) >= 11 is 0. The van der Waals surface area contributed by atoms with E-state index in [0.717, 1.165) is 45.7 Å². The SMILES string of the molecule is CC1(C)CCC(CC(=O)N2CCC(N3CCNCC3)C2)CC1.Cl. The van der Waals surface area contributed by atoms with Crippen molar-refractivity contribution in [3.05, 3.63) is 0 Å². The minimum Gasteiger partial charge on any atom is -0.341 e. The van der Waals surface area contributed by atoms with Crippen LogP contribution in [0.15, 0.2) is 0 Å². The molecule has 0 aromatic rings. The molecule has 3 fully saturated rings. The molecule has 2 aliphatic heterocycles. The number of carbonyl (C=O) groups excluding carboxylic acids is 1. The zero-order valence-electron chi connectivity index (χ0n) is 14.9. The molecule has 134 valence electrons. The van der Waals surface area contributed by atoms with Crippen LogP contribution in [-0.4, -0.2) is 61.0 Å². The molecule has 0 bridgehead atoms. The van der Waals surface area contributed by atoms with E-state index in [-0.39, 0.29) is 12.4 Å². The Hall–Kier alpha value is -0.320. The van der Waals surface area contributed by atoms with Crippen molar-refractivity contribution in [2.45, 2.75) is 58.4 Å². The van der Waals surface area contributed by atoms with Gasteiger partial charge in [0, 0.05) is 51.7 Å². The molecule has 1 N–H and O–H groups in total. The van der Waals surface area contributed by atoms with Gasteiger partial charge in [-0.2, -0.15) is 0 Å². The number of carbonyl (C=O) groups is 1. The highest BCUT2D eigenvalue weighted by molar-refractivity contribution is 5.85. The van der Waals surface area contributed by atoms with Crippen LogP contribution >= 0.6 is 12.4 Å². The molecule has 2 heterocycles. The van der Waals surface area contributed by atoms with Crippen LogP contribution in [0, 0.1) is 11.3 Å². The van der Waals surface area contributed by atoms with Crippen molar-refractivity contribution < 1.29 is 4.79 Å². The summed E-state index contributed by atoms with van der Waals surface area (Å²) in [7, 11) is 0. The van der Waals surface area contributed by atoms with Gasteiger partial charge in [0.1, 0.15) is 0 Å². The van der Waals surface area contributed by atoms with Crippen molar-refractivity contribution in [1.29, 1.82) is 0 Å². The summed E-state index contributed by atoms with van der Waals surface area (Å²) in [5.41, 5.74) is 0.501. The van der Waals surface area contributed by atoms with Gasteiger partial charge in [0.2, 0.25) is 5.91 Å². The Labute approximate surface area is 147 Å². The Morgan fingerprint density at radius 1 is 1.09 bits per heavy atom. The van der Waals surface area contributed by atoms with Crippen molar-refractivity contribution in [2.75, 3.05) is 39.3 Å². The Balaban J connectivity index is 0.00000192. The van der Waals surface area contributed by atoms with Crippen molar-refractivity contribution in [1.82, 2.24) is 15.1 Å². The summed E-state index contributed by atoms with van der Waals surface area (Å²) in [6, 6.07) is 0.608. The number of amides is 1. The van der Waals surface area contributed by atoms with Gasteiger partial charge in [-0.3, -0.25) is 9.69 Å². The van der Waals surface area contributed by atoms with Crippen molar-refractivity contribution in [3.63, 3.8) is 0 Å². The second kappa shape index (κ2) is 8.17. The summed E-state index contributed by atoms with van der Waals surface area (Å²) < 4.78 is 0. The molecule has 3 rings (SSSR count). The fourth-order valence-corrected chi connectivity index (χ4v) is 4.35. The van der Waals surface area contributed by atoms with Crippen molar-refractivity contribution in [3.8, 4) is 0 Å². The lowest BCUT2D eigenvalue weighted by Crippen LogP contribution is -2.49. The zero-order valence-corrected chi connectivity index (χ0v) is 15.7. The van der Waals surface area contributed by atoms with Crippen LogP contribution in [0.25, 0.3) is 0 Å². The van der Waals surface area contributed by atoms with Gasteiger partial charge in [0.25, 0.3) is 0 Å². The summed E-state index contributed by atoms with van der Waals surface area (Å²) in [6.45, 7) is 11.2. The van der Waals surface area contributed by atoms with E-state index < -0.39 is 0 Å². The van der Waals surface area contributed by atoms with Crippen LogP contribution in [0.4, 0.5) is 0 Å². The molecule has 1 unspecified atom stereocenters. The summed E-state index contributed by atoms with van der Waals surface area (Å²) in [5, 5.41) is 3.41. The van der Waals surface area contributed by atoms with E-state index in [1.54, 1.807) is 0 Å². The van der Waals surface area contributed by atoms with Gasteiger partial charge < -0.3 is 10.2 Å². The number of hydrogen-bond donors (Lipinski definition) is 1. The van der Waals surface area contributed by atoms with E-state index in [2.05, 4.69) is 29.0 Å². The number of piperazine rings is 1. The first-order chi connectivity index (χ1) is 10.5. The van der Waals surface area contributed by atoms with E-state index in [9.17, 15) is 4.79 Å². The summed E-state index contributed by atoms with van der Waals surface area (Å²) in [4.78, 5) is 17.3. The Bertz CT molecular complexity index is 386. The molecule has 4 nitrogen and oxygen atoms in total. The molecule has 1 aliphatic carbocycles. The highest BCUT2D eigenvalue weighted by Crippen LogP contribution is 2.39. The Kier molecular flexibility index (Phi) is 6.76. The third-order valence-electron chi connectivity index (χ3n) is 6.11. The van der Waals surface area contributed by atoms with Crippen molar-refractivity contribution >= 4 is 18.3 Å². The predicted octanol–water partition coefficient (Wildman–Crippen LogP) is 2.52. The molecule has 0 aromatic heterocycles. The predicted molar refractivity (Wildman–Crippen MR) is 97.0 cm³/mol. The fraction of sp³-hybridized carbons (Fsp3) is 0.944. The van der Waals surface area contributed by atoms with Gasteiger partial charge in [-0.25, -0.2) is 0 Å². The second-order valence-corrected chi connectivity index (χ2v) is 8.38. The lowest BCUT2D eigenvalue weighted by molar-refractivity contribution is -0.131.